The van der Waals surface area contributed by atoms with E-state index in [9.17, 15) is 9.59 Å². The van der Waals surface area contributed by atoms with E-state index in [0.29, 0.717) is 5.58 Å². The van der Waals surface area contributed by atoms with Gasteiger partial charge in [-0.15, -0.1) is 0 Å². The van der Waals surface area contributed by atoms with E-state index in [1.807, 2.05) is 36.4 Å². The molecule has 0 spiro atoms. The highest BCUT2D eigenvalue weighted by Crippen LogP contribution is 2.13. The monoisotopic (exact) mass is 322 g/mol. The number of hydrogen-bond donors (Lipinski definition) is 1. The van der Waals surface area contributed by atoms with Gasteiger partial charge in [-0.3, -0.25) is 4.79 Å². The van der Waals surface area contributed by atoms with Crippen LogP contribution in [0, 0.1) is 0 Å². The van der Waals surface area contributed by atoms with Crippen LogP contribution in [-0.2, 0) is 5.75 Å². The minimum Gasteiger partial charge on any atom is -0.422 e. The lowest BCUT2D eigenvalue weighted by Gasteiger charge is -1.98. The number of rotatable bonds is 4. The van der Waals surface area contributed by atoms with Gasteiger partial charge in [-0.1, -0.05) is 53.6 Å². The van der Waals surface area contributed by atoms with Gasteiger partial charge < -0.3 is 4.42 Å². The Balaban J connectivity index is 1.81. The number of fused-ring (bicyclic) bond motifs is 1. The van der Waals surface area contributed by atoms with E-state index in [-0.39, 0.29) is 11.3 Å². The van der Waals surface area contributed by atoms with Gasteiger partial charge in [0.2, 0.25) is 5.78 Å². The predicted octanol–water partition coefficient (Wildman–Crippen LogP) is 3.60. The van der Waals surface area contributed by atoms with Crippen LogP contribution in [0.1, 0.15) is 15.9 Å². The molecule has 23 heavy (non-hydrogen) atoms. The molecule has 0 atom stereocenters. The molecule has 3 aromatic rings. The summed E-state index contributed by atoms with van der Waals surface area (Å²) in [5, 5.41) is 3.65. The van der Waals surface area contributed by atoms with Crippen LogP contribution in [0.2, 0.25) is 0 Å². The van der Waals surface area contributed by atoms with Crippen LogP contribution in [0.3, 0.4) is 0 Å². The quantitative estimate of drug-likeness (QED) is 0.262. The zero-order valence-corrected chi connectivity index (χ0v) is 13.1. The van der Waals surface area contributed by atoms with Crippen molar-refractivity contribution in [3.05, 3.63) is 88.3 Å². The van der Waals surface area contributed by atoms with E-state index >= 15 is 0 Å². The summed E-state index contributed by atoms with van der Waals surface area (Å²) in [7, 11) is 0. The number of ketones is 1. The molecule has 0 unspecified atom stereocenters. The highest BCUT2D eigenvalue weighted by Gasteiger charge is 2.10. The number of carbonyl (C=O) groups is 1. The van der Waals surface area contributed by atoms with Crippen molar-refractivity contribution in [2.45, 2.75) is 5.75 Å². The lowest BCUT2D eigenvalue weighted by atomic mass is 10.1. The highest BCUT2D eigenvalue weighted by atomic mass is 32.1. The standard InChI is InChI=1S/C19H14O3S/c20-17(10-11-23-13-14-6-2-1-3-7-14)16-12-15-8-4-5-9-18(15)22-19(16)21/h1-10,12,23H,13H2. The normalized spacial score (nSPS) is 10.3. The summed E-state index contributed by atoms with van der Waals surface area (Å²) in [6.07, 6.45) is 1.31. The second-order valence-corrected chi connectivity index (χ2v) is 5.82. The molecule has 3 nitrogen and oxygen atoms in total. The highest BCUT2D eigenvalue weighted by molar-refractivity contribution is 7.96. The van der Waals surface area contributed by atoms with Crippen molar-refractivity contribution in [2.24, 2.45) is 0 Å². The Bertz CT molecular complexity index is 965. The molecule has 4 heteroatoms. The van der Waals surface area contributed by atoms with Gasteiger partial charge in [0, 0.05) is 17.2 Å². The summed E-state index contributed by atoms with van der Waals surface area (Å²) in [5.74, 6) is 0.391. The number of thiol groups is 1. The predicted molar refractivity (Wildman–Crippen MR) is 95.5 cm³/mol. The summed E-state index contributed by atoms with van der Waals surface area (Å²) < 4.78 is 5.16. The van der Waals surface area contributed by atoms with Gasteiger partial charge in [-0.25, -0.2) is 4.79 Å². The Morgan fingerprint density at radius 1 is 1.09 bits per heavy atom. The molecule has 0 fully saturated rings. The van der Waals surface area contributed by atoms with Gasteiger partial charge in [0.1, 0.15) is 11.1 Å². The summed E-state index contributed by atoms with van der Waals surface area (Å²) in [4.78, 5) is 24.0. The third-order valence-corrected chi connectivity index (χ3v) is 4.13. The fraction of sp³-hybridized carbons (Fsp3) is 0.0526. The Labute approximate surface area is 136 Å². The number of benzene rings is 2. The number of para-hydroxylation sites is 1. The molecule has 0 saturated carbocycles. The van der Waals surface area contributed by atoms with Crippen molar-refractivity contribution >= 4 is 33.1 Å². The zero-order chi connectivity index (χ0) is 16.1. The van der Waals surface area contributed by atoms with E-state index in [0.717, 1.165) is 22.5 Å². The van der Waals surface area contributed by atoms with Gasteiger partial charge in [0.25, 0.3) is 0 Å². The second-order valence-electron chi connectivity index (χ2n) is 4.92. The van der Waals surface area contributed by atoms with Gasteiger partial charge in [-0.2, -0.15) is 11.4 Å². The average molecular weight is 322 g/mol. The molecule has 0 radical (unpaired) electrons. The first-order valence-corrected chi connectivity index (χ1v) is 8.18. The lowest BCUT2D eigenvalue weighted by Crippen LogP contribution is -2.11. The molecule has 114 valence electrons. The topological polar surface area (TPSA) is 47.3 Å². The zero-order valence-electron chi connectivity index (χ0n) is 12.2. The minimum atomic E-state index is -0.619. The van der Waals surface area contributed by atoms with Crippen LogP contribution in [-0.4, -0.2) is 10.8 Å². The molecule has 2 aromatic carbocycles. The fourth-order valence-electron chi connectivity index (χ4n) is 2.14. The Hall–Kier alpha value is -2.68. The van der Waals surface area contributed by atoms with E-state index in [2.05, 4.69) is 5.02 Å². The number of hydrogen-bond acceptors (Lipinski definition) is 3. The number of carbonyl (C=O) groups excluding carboxylic acids is 1. The van der Waals surface area contributed by atoms with Crippen molar-refractivity contribution in [2.75, 3.05) is 0 Å². The van der Waals surface area contributed by atoms with Crippen molar-refractivity contribution in [1.29, 1.82) is 0 Å². The Morgan fingerprint density at radius 2 is 1.83 bits per heavy atom. The molecule has 0 aliphatic rings. The van der Waals surface area contributed by atoms with Crippen molar-refractivity contribution < 1.29 is 9.21 Å². The smallest absolute Gasteiger partial charge is 0.347 e. The van der Waals surface area contributed by atoms with Crippen molar-refractivity contribution in [1.82, 2.24) is 0 Å². The van der Waals surface area contributed by atoms with E-state index in [1.165, 1.54) is 11.6 Å². The van der Waals surface area contributed by atoms with Gasteiger partial charge >= 0.3 is 5.63 Å². The molecule has 1 heterocycles. The van der Waals surface area contributed by atoms with Crippen LogP contribution in [0.25, 0.3) is 11.0 Å². The van der Waals surface area contributed by atoms with Gasteiger partial charge in [0.15, 0.2) is 0 Å². The summed E-state index contributed by atoms with van der Waals surface area (Å²) in [6.45, 7) is 0. The molecule has 0 bridgehead atoms. The van der Waals surface area contributed by atoms with Crippen molar-refractivity contribution in [3.63, 3.8) is 0 Å². The molecular formula is C19H14O3S. The molecule has 0 saturated heterocycles. The van der Waals surface area contributed by atoms with Gasteiger partial charge in [-0.05, 0) is 17.7 Å². The first kappa shape index (κ1) is 15.2. The molecule has 0 aliphatic carbocycles. The third kappa shape index (κ3) is 3.75. The molecule has 0 aliphatic heterocycles. The summed E-state index contributed by atoms with van der Waals surface area (Å²) in [5.41, 5.74) is 1.06. The summed E-state index contributed by atoms with van der Waals surface area (Å²) in [6, 6.07) is 18.6. The minimum absolute atomic E-state index is 0.0334. The first-order valence-electron chi connectivity index (χ1n) is 7.10. The van der Waals surface area contributed by atoms with Crippen LogP contribution in [0.5, 0.6) is 0 Å². The maximum Gasteiger partial charge on any atom is 0.347 e. The second kappa shape index (κ2) is 7.05. The maximum atomic E-state index is 12.1. The lowest BCUT2D eigenvalue weighted by molar-refractivity contribution is 0.104. The average Bonchev–Trinajstić information content (AvgIpc) is 2.59. The molecule has 0 amide bonds. The molecular weight excluding hydrogens is 308 g/mol. The Morgan fingerprint density at radius 3 is 2.65 bits per heavy atom. The van der Waals surface area contributed by atoms with Gasteiger partial charge in [0.05, 0.1) is 0 Å². The SMILES string of the molecule is O=C(C=C=[SH]Cc1ccccc1)c1cc2ccccc2oc1=O. The largest absolute Gasteiger partial charge is 0.422 e. The van der Waals surface area contributed by atoms with E-state index < -0.39 is 5.63 Å². The third-order valence-electron chi connectivity index (χ3n) is 3.30. The van der Waals surface area contributed by atoms with E-state index in [1.54, 1.807) is 24.3 Å². The first-order chi connectivity index (χ1) is 11.2. The van der Waals surface area contributed by atoms with E-state index in [4.69, 9.17) is 4.42 Å². The molecule has 3 rings (SSSR count). The van der Waals surface area contributed by atoms with Crippen LogP contribution >= 0.6 is 11.4 Å². The molecule has 1 aromatic heterocycles. The van der Waals surface area contributed by atoms with Crippen LogP contribution in [0.4, 0.5) is 0 Å². The Kier molecular flexibility index (Phi) is 4.67. The maximum absolute atomic E-state index is 12.1. The van der Waals surface area contributed by atoms with Crippen LogP contribution in [0.15, 0.2) is 76.0 Å². The molecule has 0 N–H and O–H groups in total. The van der Waals surface area contributed by atoms with Crippen LogP contribution < -0.4 is 5.63 Å². The fourth-order valence-corrected chi connectivity index (χ4v) is 2.83. The number of allylic oxidation sites excluding steroid dienone is 1. The van der Waals surface area contributed by atoms with Crippen molar-refractivity contribution in [3.8, 4) is 0 Å². The summed E-state index contributed by atoms with van der Waals surface area (Å²) >= 11 is 0.873.